The predicted octanol–water partition coefficient (Wildman–Crippen LogP) is 3.83. The minimum absolute atomic E-state index is 0.0145. The van der Waals surface area contributed by atoms with E-state index in [1.54, 1.807) is 4.90 Å². The van der Waals surface area contributed by atoms with Gasteiger partial charge in [0.15, 0.2) is 10.3 Å². The van der Waals surface area contributed by atoms with Crippen LogP contribution < -0.4 is 0 Å². The number of carbonyl (C=O) groups excluding carboxylic acids is 1. The first-order chi connectivity index (χ1) is 9.99. The van der Waals surface area contributed by atoms with Gasteiger partial charge in [-0.25, -0.2) is 0 Å². The smallest absolute Gasteiger partial charge is 0.257 e. The first-order valence-corrected chi connectivity index (χ1v) is 7.28. The molecule has 0 unspecified atom stereocenters. The molecular weight excluding hydrogens is 309 g/mol. The fraction of sp³-hybridized carbons (Fsp3) is 0.267. The van der Waals surface area contributed by atoms with Crippen LogP contribution in [0.3, 0.4) is 0 Å². The fourth-order valence-electron chi connectivity index (χ4n) is 1.93. The Kier molecular flexibility index (Phi) is 5.15. The van der Waals surface area contributed by atoms with Gasteiger partial charge in [0.05, 0.1) is 5.56 Å². The molecule has 0 N–H and O–H groups in total. The van der Waals surface area contributed by atoms with Gasteiger partial charge in [-0.3, -0.25) is 4.79 Å². The Morgan fingerprint density at radius 3 is 2.48 bits per heavy atom. The Balaban J connectivity index is 2.30. The van der Waals surface area contributed by atoms with Crippen LogP contribution in [0.2, 0.25) is 10.3 Å². The Bertz CT molecular complexity index is 632. The standard InChI is InChI=1S/C15H15Cl2N3O/c1-10(2)20(9-11-6-4-3-5-7-11)15(21)12-8-13(16)18-19-14(12)17/h3-8,10H,9H2,1-2H3. The van der Waals surface area contributed by atoms with Gasteiger partial charge in [0.25, 0.3) is 5.91 Å². The van der Waals surface area contributed by atoms with Crippen LogP contribution in [0.4, 0.5) is 0 Å². The second kappa shape index (κ2) is 6.87. The predicted molar refractivity (Wildman–Crippen MR) is 83.5 cm³/mol. The molecule has 6 heteroatoms. The van der Waals surface area contributed by atoms with E-state index in [9.17, 15) is 4.79 Å². The number of nitrogens with zero attached hydrogens (tertiary/aromatic N) is 3. The number of hydrogen-bond donors (Lipinski definition) is 0. The van der Waals surface area contributed by atoms with Gasteiger partial charge >= 0.3 is 0 Å². The number of halogens is 2. The highest BCUT2D eigenvalue weighted by Gasteiger charge is 2.22. The van der Waals surface area contributed by atoms with E-state index in [2.05, 4.69) is 10.2 Å². The van der Waals surface area contributed by atoms with Gasteiger partial charge < -0.3 is 4.90 Å². The van der Waals surface area contributed by atoms with Gasteiger partial charge in [-0.15, -0.1) is 10.2 Å². The Morgan fingerprint density at radius 2 is 1.86 bits per heavy atom. The molecule has 1 aromatic carbocycles. The van der Waals surface area contributed by atoms with E-state index < -0.39 is 0 Å². The van der Waals surface area contributed by atoms with E-state index >= 15 is 0 Å². The van der Waals surface area contributed by atoms with Gasteiger partial charge in [-0.05, 0) is 25.5 Å². The third-order valence-electron chi connectivity index (χ3n) is 3.03. The molecule has 0 radical (unpaired) electrons. The molecule has 0 spiro atoms. The molecule has 0 atom stereocenters. The summed E-state index contributed by atoms with van der Waals surface area (Å²) in [6.45, 7) is 4.39. The van der Waals surface area contributed by atoms with Crippen molar-refractivity contribution in [3.05, 3.63) is 57.8 Å². The molecule has 0 saturated carbocycles. The molecule has 110 valence electrons. The third kappa shape index (κ3) is 3.93. The summed E-state index contributed by atoms with van der Waals surface area (Å²) in [6.07, 6.45) is 0. The van der Waals surface area contributed by atoms with E-state index in [4.69, 9.17) is 23.2 Å². The lowest BCUT2D eigenvalue weighted by Crippen LogP contribution is -2.36. The van der Waals surface area contributed by atoms with Gasteiger partial charge in [0.1, 0.15) is 0 Å². The summed E-state index contributed by atoms with van der Waals surface area (Å²) >= 11 is 11.8. The summed E-state index contributed by atoms with van der Waals surface area (Å²) in [7, 11) is 0. The highest BCUT2D eigenvalue weighted by Crippen LogP contribution is 2.20. The van der Waals surface area contributed by atoms with Crippen molar-refractivity contribution in [1.29, 1.82) is 0 Å². The molecule has 1 heterocycles. The van der Waals surface area contributed by atoms with Crippen molar-refractivity contribution in [3.8, 4) is 0 Å². The molecule has 0 aliphatic heterocycles. The van der Waals surface area contributed by atoms with E-state index in [1.807, 2.05) is 44.2 Å². The minimum atomic E-state index is -0.212. The Hall–Kier alpha value is -1.65. The van der Waals surface area contributed by atoms with Crippen molar-refractivity contribution in [1.82, 2.24) is 15.1 Å². The summed E-state index contributed by atoms with van der Waals surface area (Å²) in [6, 6.07) is 11.2. The average Bonchev–Trinajstić information content (AvgIpc) is 2.47. The van der Waals surface area contributed by atoms with Crippen LogP contribution in [0.1, 0.15) is 29.8 Å². The maximum Gasteiger partial charge on any atom is 0.257 e. The molecule has 1 aromatic heterocycles. The molecule has 21 heavy (non-hydrogen) atoms. The molecule has 0 saturated heterocycles. The topological polar surface area (TPSA) is 46.1 Å². The van der Waals surface area contributed by atoms with E-state index in [1.165, 1.54) is 6.07 Å². The summed E-state index contributed by atoms with van der Waals surface area (Å²) < 4.78 is 0. The number of amides is 1. The van der Waals surface area contributed by atoms with E-state index in [-0.39, 0.29) is 27.8 Å². The number of aromatic nitrogens is 2. The third-order valence-corrected chi connectivity index (χ3v) is 3.49. The highest BCUT2D eigenvalue weighted by molar-refractivity contribution is 6.34. The number of rotatable bonds is 4. The molecule has 0 aliphatic carbocycles. The van der Waals surface area contributed by atoms with Crippen LogP contribution in [0.5, 0.6) is 0 Å². The van der Waals surface area contributed by atoms with Gasteiger partial charge in [-0.2, -0.15) is 0 Å². The van der Waals surface area contributed by atoms with Gasteiger partial charge in [0, 0.05) is 12.6 Å². The summed E-state index contributed by atoms with van der Waals surface area (Å²) in [5, 5.41) is 7.51. The maximum atomic E-state index is 12.7. The highest BCUT2D eigenvalue weighted by atomic mass is 35.5. The van der Waals surface area contributed by atoms with Crippen molar-refractivity contribution in [2.45, 2.75) is 26.4 Å². The molecule has 0 aliphatic rings. The SMILES string of the molecule is CC(C)N(Cc1ccccc1)C(=O)c1cc(Cl)nnc1Cl. The Morgan fingerprint density at radius 1 is 1.19 bits per heavy atom. The van der Waals surface area contributed by atoms with E-state index in [0.29, 0.717) is 6.54 Å². The lowest BCUT2D eigenvalue weighted by Gasteiger charge is -2.27. The summed E-state index contributed by atoms with van der Waals surface area (Å²) in [4.78, 5) is 14.4. The largest absolute Gasteiger partial charge is 0.332 e. The van der Waals surface area contributed by atoms with Crippen LogP contribution in [0, 0.1) is 0 Å². The molecule has 0 fully saturated rings. The van der Waals surface area contributed by atoms with Gasteiger partial charge in [0.2, 0.25) is 0 Å². The normalized spacial score (nSPS) is 10.7. The van der Waals surface area contributed by atoms with Crippen LogP contribution in [0.25, 0.3) is 0 Å². The lowest BCUT2D eigenvalue weighted by molar-refractivity contribution is 0.0690. The van der Waals surface area contributed by atoms with Gasteiger partial charge in [-0.1, -0.05) is 53.5 Å². The zero-order chi connectivity index (χ0) is 15.4. The van der Waals surface area contributed by atoms with E-state index in [0.717, 1.165) is 5.56 Å². The molecule has 1 amide bonds. The van der Waals surface area contributed by atoms with Crippen molar-refractivity contribution in [2.24, 2.45) is 0 Å². The van der Waals surface area contributed by atoms with Crippen molar-refractivity contribution < 1.29 is 4.79 Å². The first kappa shape index (κ1) is 15.7. The first-order valence-electron chi connectivity index (χ1n) is 6.52. The van der Waals surface area contributed by atoms with Crippen LogP contribution in [-0.4, -0.2) is 27.0 Å². The van der Waals surface area contributed by atoms with Crippen molar-refractivity contribution >= 4 is 29.1 Å². The second-order valence-corrected chi connectivity index (χ2v) is 5.63. The lowest BCUT2D eigenvalue weighted by atomic mass is 10.1. The van der Waals surface area contributed by atoms with Crippen molar-refractivity contribution in [3.63, 3.8) is 0 Å². The zero-order valence-corrected chi connectivity index (χ0v) is 13.3. The van der Waals surface area contributed by atoms with Crippen LogP contribution >= 0.6 is 23.2 Å². The zero-order valence-electron chi connectivity index (χ0n) is 11.8. The monoisotopic (exact) mass is 323 g/mol. The summed E-state index contributed by atoms with van der Waals surface area (Å²) in [5.41, 5.74) is 1.31. The van der Waals surface area contributed by atoms with Crippen LogP contribution in [0.15, 0.2) is 36.4 Å². The summed E-state index contributed by atoms with van der Waals surface area (Å²) in [5.74, 6) is -0.212. The molecule has 4 nitrogen and oxygen atoms in total. The maximum absolute atomic E-state index is 12.7. The molecule has 0 bridgehead atoms. The molecule has 2 aromatic rings. The van der Waals surface area contributed by atoms with Crippen molar-refractivity contribution in [2.75, 3.05) is 0 Å². The van der Waals surface area contributed by atoms with Crippen LogP contribution in [-0.2, 0) is 6.54 Å². The fourth-order valence-corrected chi connectivity index (χ4v) is 2.25. The second-order valence-electron chi connectivity index (χ2n) is 4.88. The molecule has 2 rings (SSSR count). The number of carbonyl (C=O) groups is 1. The minimum Gasteiger partial charge on any atom is -0.332 e. The molecular formula is C15H15Cl2N3O. The number of benzene rings is 1. The Labute approximate surface area is 133 Å². The quantitative estimate of drug-likeness (QED) is 0.858. The number of hydrogen-bond acceptors (Lipinski definition) is 3. The average molecular weight is 324 g/mol.